The second-order valence-corrected chi connectivity index (χ2v) is 8.86. The van der Waals surface area contributed by atoms with Crippen LogP contribution < -0.4 is 0 Å². The first-order valence-corrected chi connectivity index (χ1v) is 10.6. The van der Waals surface area contributed by atoms with Gasteiger partial charge in [-0.2, -0.15) is 8.42 Å². The summed E-state index contributed by atoms with van der Waals surface area (Å²) in [5.74, 6) is -2.39. The van der Waals surface area contributed by atoms with Crippen molar-refractivity contribution >= 4 is 51.1 Å². The molecule has 1 unspecified atom stereocenters. The van der Waals surface area contributed by atoms with Crippen LogP contribution >= 0.6 is 0 Å². The maximum atomic E-state index is 12.8. The zero-order valence-corrected chi connectivity index (χ0v) is 18.2. The normalized spacial score (nSPS) is 12.2. The van der Waals surface area contributed by atoms with Crippen LogP contribution in [-0.4, -0.2) is 79.0 Å². The van der Waals surface area contributed by atoms with E-state index in [-0.39, 0.29) is 40.6 Å². The van der Waals surface area contributed by atoms with E-state index >= 15 is 0 Å². The summed E-state index contributed by atoms with van der Waals surface area (Å²) < 4.78 is 46.7. The molecule has 1 atom stereocenters. The molecule has 11 heteroatoms. The maximum absolute atomic E-state index is 12.8. The quantitative estimate of drug-likeness (QED) is 0.142. The molecule has 9 nitrogen and oxygen atoms in total. The Bertz CT molecular complexity index is 713. The summed E-state index contributed by atoms with van der Waals surface area (Å²) in [5.41, 5.74) is -1.33. The first-order chi connectivity index (χ1) is 13.3. The molecule has 0 aliphatic carbocycles. The topological polar surface area (TPSA) is 133 Å². The molecule has 30 heavy (non-hydrogen) atoms. The average Bonchev–Trinajstić information content (AvgIpc) is 2.63. The molecule has 0 radical (unpaired) electrons. The number of esters is 3. The highest BCUT2D eigenvalue weighted by Crippen LogP contribution is 2.29. The third-order valence-electron chi connectivity index (χ3n) is 4.06. The lowest BCUT2D eigenvalue weighted by atomic mass is 9.84. The van der Waals surface area contributed by atoms with E-state index in [1.54, 1.807) is 0 Å². The number of ether oxygens (including phenoxy) is 3. The molecule has 0 saturated carbocycles. The van der Waals surface area contributed by atoms with Crippen LogP contribution in [0.1, 0.15) is 47.0 Å². The molecule has 0 rings (SSSR count). The molecule has 0 aromatic carbocycles. The number of hydrogen-bond donors (Lipinski definition) is 1. The first kappa shape index (κ1) is 30.8. The maximum Gasteiger partial charge on any atom is 0.333 e. The highest BCUT2D eigenvalue weighted by atomic mass is 32.2. The van der Waals surface area contributed by atoms with E-state index in [1.165, 1.54) is 20.8 Å². The van der Waals surface area contributed by atoms with Gasteiger partial charge in [0.25, 0.3) is 10.1 Å². The molecular weight excluding hydrogens is 429 g/mol. The van der Waals surface area contributed by atoms with Crippen LogP contribution in [0.25, 0.3) is 0 Å². The Morgan fingerprint density at radius 1 is 1.00 bits per heavy atom. The summed E-state index contributed by atoms with van der Waals surface area (Å²) in [6.45, 7) is 11.3. The fraction of sp³-hybridized carbons (Fsp3) is 0.632. The van der Waals surface area contributed by atoms with Crippen molar-refractivity contribution in [3.8, 4) is 0 Å². The van der Waals surface area contributed by atoms with Crippen LogP contribution in [0.5, 0.6) is 0 Å². The second kappa shape index (κ2) is 13.8. The van der Waals surface area contributed by atoms with Crippen molar-refractivity contribution in [3.05, 3.63) is 24.3 Å². The zero-order chi connectivity index (χ0) is 22.8. The van der Waals surface area contributed by atoms with Gasteiger partial charge in [-0.25, -0.2) is 9.59 Å². The van der Waals surface area contributed by atoms with E-state index in [2.05, 4.69) is 13.2 Å². The van der Waals surface area contributed by atoms with Gasteiger partial charge >= 0.3 is 41.0 Å². The summed E-state index contributed by atoms with van der Waals surface area (Å²) in [7, 11) is -4.41. The van der Waals surface area contributed by atoms with E-state index < -0.39 is 58.5 Å². The molecule has 0 fully saturated rings. The van der Waals surface area contributed by atoms with Crippen molar-refractivity contribution in [2.24, 2.45) is 5.41 Å². The lowest BCUT2D eigenvalue weighted by Gasteiger charge is -2.31. The average molecular weight is 461 g/mol. The van der Waals surface area contributed by atoms with E-state index in [1.807, 2.05) is 6.92 Å². The van der Waals surface area contributed by atoms with Gasteiger partial charge < -0.3 is 14.2 Å². The molecule has 0 spiro atoms. The third kappa shape index (κ3) is 10.6. The predicted octanol–water partition coefficient (Wildman–Crippen LogP) is 1.30. The van der Waals surface area contributed by atoms with Gasteiger partial charge in [0, 0.05) is 11.1 Å². The van der Waals surface area contributed by atoms with Gasteiger partial charge in [-0.15, -0.1) is 0 Å². The highest BCUT2D eigenvalue weighted by Gasteiger charge is 2.43. The fourth-order valence-corrected chi connectivity index (χ4v) is 2.25. The first-order valence-electron chi connectivity index (χ1n) is 9.05. The van der Waals surface area contributed by atoms with Crippen LogP contribution in [0, 0.1) is 5.41 Å². The standard InChI is InChI=1S/C19H30O9S.Mg.2H/c1-7-8-9-19(11-27-16(20)13(2)3,12-28-17(21)14(4)5)18(22)26-10-15(6)29(23,24)25;;;/h15H,2,4,7-12H2,1,3,5-6H3,(H,23,24,25);;;. The molecule has 0 aliphatic rings. The largest absolute Gasteiger partial charge is 0.464 e. The minimum atomic E-state index is -4.41. The lowest BCUT2D eigenvalue weighted by molar-refractivity contribution is -0.170. The summed E-state index contributed by atoms with van der Waals surface area (Å²) >= 11 is 0. The zero-order valence-electron chi connectivity index (χ0n) is 17.4. The Balaban J connectivity index is 0. The van der Waals surface area contributed by atoms with Crippen molar-refractivity contribution < 1.29 is 41.6 Å². The van der Waals surface area contributed by atoms with Gasteiger partial charge in [0.15, 0.2) is 0 Å². The highest BCUT2D eigenvalue weighted by molar-refractivity contribution is 7.86. The number of hydrogen-bond acceptors (Lipinski definition) is 8. The molecule has 0 aromatic rings. The molecular formula is C19H32MgO9S. The minimum Gasteiger partial charge on any atom is -0.464 e. The van der Waals surface area contributed by atoms with Gasteiger partial charge in [-0.05, 0) is 27.2 Å². The Hall–Kier alpha value is -1.43. The minimum absolute atomic E-state index is 0. The number of rotatable bonds is 13. The molecule has 0 amide bonds. The number of carbonyl (C=O) groups excluding carboxylic acids is 3. The molecule has 0 heterocycles. The van der Waals surface area contributed by atoms with Crippen molar-refractivity contribution in [1.82, 2.24) is 0 Å². The van der Waals surface area contributed by atoms with Crippen molar-refractivity contribution in [2.75, 3.05) is 19.8 Å². The third-order valence-corrected chi connectivity index (χ3v) is 5.21. The van der Waals surface area contributed by atoms with Crippen molar-refractivity contribution in [3.63, 3.8) is 0 Å². The molecule has 170 valence electrons. The van der Waals surface area contributed by atoms with Crippen LogP contribution in [0.4, 0.5) is 0 Å². The molecule has 0 bridgehead atoms. The predicted molar refractivity (Wildman–Crippen MR) is 114 cm³/mol. The fourth-order valence-electron chi connectivity index (χ4n) is 2.01. The number of carbonyl (C=O) groups is 3. The van der Waals surface area contributed by atoms with Crippen LogP contribution in [0.2, 0.25) is 0 Å². The lowest BCUT2D eigenvalue weighted by Crippen LogP contribution is -2.44. The van der Waals surface area contributed by atoms with Crippen LogP contribution in [0.15, 0.2) is 24.3 Å². The summed E-state index contributed by atoms with van der Waals surface area (Å²) in [6.07, 6.45) is 1.34. The Labute approximate surface area is 194 Å². The molecule has 1 N–H and O–H groups in total. The SMILES string of the molecule is C=C(C)C(=O)OCC(CCCC)(COC(=O)C(=C)C)C(=O)OCC(C)S(=O)(=O)O.[MgH2]. The summed E-state index contributed by atoms with van der Waals surface area (Å²) in [4.78, 5) is 36.5. The Morgan fingerprint density at radius 2 is 1.43 bits per heavy atom. The van der Waals surface area contributed by atoms with E-state index in [9.17, 15) is 22.8 Å². The van der Waals surface area contributed by atoms with Gasteiger partial charge in [0.1, 0.15) is 30.5 Å². The Morgan fingerprint density at radius 3 is 1.77 bits per heavy atom. The van der Waals surface area contributed by atoms with Crippen molar-refractivity contribution in [2.45, 2.75) is 52.2 Å². The number of unbranched alkanes of at least 4 members (excludes halogenated alkanes) is 1. The molecule has 0 aliphatic heterocycles. The van der Waals surface area contributed by atoms with Crippen LogP contribution in [-0.2, 0) is 38.7 Å². The van der Waals surface area contributed by atoms with Crippen LogP contribution in [0.3, 0.4) is 0 Å². The molecule has 0 aromatic heterocycles. The van der Waals surface area contributed by atoms with Gasteiger partial charge in [0.05, 0.1) is 0 Å². The second-order valence-electron chi connectivity index (χ2n) is 7.02. The Kier molecular flexibility index (Phi) is 14.1. The van der Waals surface area contributed by atoms with Gasteiger partial charge in [-0.3, -0.25) is 9.35 Å². The van der Waals surface area contributed by atoms with Gasteiger partial charge in [0.2, 0.25) is 0 Å². The van der Waals surface area contributed by atoms with Crippen molar-refractivity contribution in [1.29, 1.82) is 0 Å². The van der Waals surface area contributed by atoms with E-state index in [0.29, 0.717) is 12.8 Å². The summed E-state index contributed by atoms with van der Waals surface area (Å²) in [6, 6.07) is 0. The smallest absolute Gasteiger partial charge is 0.333 e. The van der Waals surface area contributed by atoms with E-state index in [4.69, 9.17) is 18.8 Å². The van der Waals surface area contributed by atoms with Gasteiger partial charge in [-0.1, -0.05) is 32.9 Å². The summed E-state index contributed by atoms with van der Waals surface area (Å²) in [5, 5.41) is -1.36. The van der Waals surface area contributed by atoms with E-state index in [0.717, 1.165) is 0 Å². The molecule has 0 saturated heterocycles. The monoisotopic (exact) mass is 460 g/mol.